The fourth-order valence-corrected chi connectivity index (χ4v) is 3.16. The number of halogens is 1. The normalized spacial score (nSPS) is 10.3. The highest BCUT2D eigenvalue weighted by Gasteiger charge is 2.06. The molecule has 3 aromatic rings. The van der Waals surface area contributed by atoms with E-state index >= 15 is 0 Å². The fraction of sp³-hybridized carbons (Fsp3) is 0.118. The van der Waals surface area contributed by atoms with Crippen molar-refractivity contribution < 1.29 is 5.11 Å². The molecule has 5 heteroatoms. The van der Waals surface area contributed by atoms with Crippen molar-refractivity contribution in [2.75, 3.05) is 11.9 Å². The Morgan fingerprint density at radius 3 is 3.00 bits per heavy atom. The van der Waals surface area contributed by atoms with Crippen LogP contribution in [0.3, 0.4) is 0 Å². The third-order valence-corrected chi connectivity index (χ3v) is 4.17. The predicted molar refractivity (Wildman–Crippen MR) is 92.8 cm³/mol. The summed E-state index contributed by atoms with van der Waals surface area (Å²) in [7, 11) is 0. The number of aromatic hydroxyl groups is 1. The molecule has 0 spiro atoms. The number of aromatic nitrogens is 1. The number of fused-ring (bicyclic) bond motifs is 1. The van der Waals surface area contributed by atoms with Gasteiger partial charge in [-0.15, -0.1) is 11.3 Å². The van der Waals surface area contributed by atoms with E-state index in [0.29, 0.717) is 17.1 Å². The van der Waals surface area contributed by atoms with Gasteiger partial charge in [0.2, 0.25) is 0 Å². The average molecular weight is 329 g/mol. The van der Waals surface area contributed by atoms with Gasteiger partial charge in [0.15, 0.2) is 0 Å². The number of nitrogens with zero attached hydrogens (tertiary/aromatic N) is 1. The Hall–Kier alpha value is -2.22. The minimum absolute atomic E-state index is 0.175. The first-order chi connectivity index (χ1) is 10.6. The van der Waals surface area contributed by atoms with Gasteiger partial charge in [-0.25, -0.2) is 4.98 Å². The number of hydrogen-bond acceptors (Lipinski definition) is 4. The molecule has 0 unspecified atom stereocenters. The molecule has 2 N–H and O–H groups in total. The van der Waals surface area contributed by atoms with Crippen molar-refractivity contribution >= 4 is 38.8 Å². The standard InChI is InChI=1S/C17H13ClN2OS/c1-11-20-17-15(21)8-12(9-16(17)22-11)4-3-7-19-14-6-2-5-13(18)10-14/h2,5-6,8-10,19,21H,7H2,1H3. The van der Waals surface area contributed by atoms with Gasteiger partial charge in [-0.2, -0.15) is 0 Å². The van der Waals surface area contributed by atoms with Crippen LogP contribution in [-0.2, 0) is 0 Å². The molecular weight excluding hydrogens is 316 g/mol. The van der Waals surface area contributed by atoms with Gasteiger partial charge in [0.25, 0.3) is 0 Å². The summed E-state index contributed by atoms with van der Waals surface area (Å²) in [6, 6.07) is 11.1. The number of anilines is 1. The topological polar surface area (TPSA) is 45.2 Å². The second-order valence-corrected chi connectivity index (χ2v) is 6.41. The molecule has 0 aliphatic heterocycles. The number of aryl methyl sites for hydroxylation is 1. The summed E-state index contributed by atoms with van der Waals surface area (Å²) in [5.41, 5.74) is 2.35. The minimum atomic E-state index is 0.175. The van der Waals surface area contributed by atoms with E-state index in [9.17, 15) is 5.11 Å². The second-order valence-electron chi connectivity index (χ2n) is 4.74. The Kier molecular flexibility index (Phi) is 4.19. The molecule has 0 amide bonds. The van der Waals surface area contributed by atoms with E-state index in [1.54, 1.807) is 17.4 Å². The summed E-state index contributed by atoms with van der Waals surface area (Å²) in [6.45, 7) is 2.42. The molecular formula is C17H13ClN2OS. The van der Waals surface area contributed by atoms with E-state index in [1.165, 1.54) is 0 Å². The first-order valence-electron chi connectivity index (χ1n) is 6.70. The van der Waals surface area contributed by atoms with E-state index in [-0.39, 0.29) is 5.75 Å². The molecule has 0 aliphatic rings. The molecule has 3 rings (SSSR count). The van der Waals surface area contributed by atoms with Crippen molar-refractivity contribution in [2.24, 2.45) is 0 Å². The molecule has 0 aliphatic carbocycles. The van der Waals surface area contributed by atoms with Crippen molar-refractivity contribution in [2.45, 2.75) is 6.92 Å². The first kappa shape index (κ1) is 14.7. The van der Waals surface area contributed by atoms with Gasteiger partial charge in [0.1, 0.15) is 11.3 Å². The lowest BCUT2D eigenvalue weighted by Crippen LogP contribution is -1.98. The molecule has 1 heterocycles. The van der Waals surface area contributed by atoms with Gasteiger partial charge in [-0.1, -0.05) is 29.5 Å². The Morgan fingerprint density at radius 2 is 2.18 bits per heavy atom. The maximum atomic E-state index is 9.98. The van der Waals surface area contributed by atoms with Crippen LogP contribution in [0.1, 0.15) is 10.6 Å². The van der Waals surface area contributed by atoms with E-state index in [2.05, 4.69) is 22.1 Å². The minimum Gasteiger partial charge on any atom is -0.506 e. The number of phenols is 1. The Morgan fingerprint density at radius 1 is 1.32 bits per heavy atom. The van der Waals surface area contributed by atoms with Crippen molar-refractivity contribution in [3.8, 4) is 17.6 Å². The highest BCUT2D eigenvalue weighted by Crippen LogP contribution is 2.30. The number of rotatable bonds is 2. The third-order valence-electron chi connectivity index (χ3n) is 3.02. The molecule has 1 aromatic heterocycles. The van der Waals surface area contributed by atoms with Gasteiger partial charge >= 0.3 is 0 Å². The summed E-state index contributed by atoms with van der Waals surface area (Å²) in [5, 5.41) is 14.8. The molecule has 0 atom stereocenters. The number of nitrogens with one attached hydrogen (secondary N) is 1. The predicted octanol–water partition coefficient (Wildman–Crippen LogP) is 4.43. The molecule has 0 bridgehead atoms. The average Bonchev–Trinajstić information content (AvgIpc) is 2.85. The lowest BCUT2D eigenvalue weighted by molar-refractivity contribution is 0.480. The zero-order chi connectivity index (χ0) is 15.5. The van der Waals surface area contributed by atoms with Crippen LogP contribution in [0.4, 0.5) is 5.69 Å². The van der Waals surface area contributed by atoms with Gasteiger partial charge in [0.05, 0.1) is 16.3 Å². The molecule has 0 saturated heterocycles. The van der Waals surface area contributed by atoms with Crippen LogP contribution >= 0.6 is 22.9 Å². The molecule has 22 heavy (non-hydrogen) atoms. The highest BCUT2D eigenvalue weighted by atomic mass is 35.5. The van der Waals surface area contributed by atoms with E-state index in [1.807, 2.05) is 37.3 Å². The highest BCUT2D eigenvalue weighted by molar-refractivity contribution is 7.18. The first-order valence-corrected chi connectivity index (χ1v) is 7.90. The van der Waals surface area contributed by atoms with Gasteiger partial charge < -0.3 is 10.4 Å². The Labute approximate surface area is 137 Å². The molecule has 0 saturated carbocycles. The summed E-state index contributed by atoms with van der Waals surface area (Å²) in [6.07, 6.45) is 0. The molecule has 0 fully saturated rings. The van der Waals surface area contributed by atoms with Crippen LogP contribution in [-0.4, -0.2) is 16.6 Å². The van der Waals surface area contributed by atoms with Crippen LogP contribution < -0.4 is 5.32 Å². The van der Waals surface area contributed by atoms with Gasteiger partial charge in [-0.05, 0) is 37.3 Å². The lowest BCUT2D eigenvalue weighted by Gasteiger charge is -2.01. The van der Waals surface area contributed by atoms with Crippen LogP contribution in [0, 0.1) is 18.8 Å². The number of benzene rings is 2. The summed E-state index contributed by atoms with van der Waals surface area (Å²) >= 11 is 7.47. The van der Waals surface area contributed by atoms with Gasteiger partial charge in [0, 0.05) is 16.3 Å². The van der Waals surface area contributed by atoms with Crippen LogP contribution in [0.25, 0.3) is 10.2 Å². The molecule has 2 aromatic carbocycles. The van der Waals surface area contributed by atoms with Crippen LogP contribution in [0.2, 0.25) is 5.02 Å². The summed E-state index contributed by atoms with van der Waals surface area (Å²) in [5.74, 6) is 6.26. The van der Waals surface area contributed by atoms with Crippen molar-refractivity contribution in [1.82, 2.24) is 4.98 Å². The SMILES string of the molecule is Cc1nc2c(O)cc(C#CCNc3cccc(Cl)c3)cc2s1. The van der Waals surface area contributed by atoms with Crippen LogP contribution in [0.5, 0.6) is 5.75 Å². The molecule has 0 radical (unpaired) electrons. The summed E-state index contributed by atoms with van der Waals surface area (Å²) in [4.78, 5) is 4.29. The maximum Gasteiger partial charge on any atom is 0.143 e. The monoisotopic (exact) mass is 328 g/mol. The number of hydrogen-bond donors (Lipinski definition) is 2. The van der Waals surface area contributed by atoms with Crippen LogP contribution in [0.15, 0.2) is 36.4 Å². The maximum absolute atomic E-state index is 9.98. The lowest BCUT2D eigenvalue weighted by atomic mass is 10.2. The summed E-state index contributed by atoms with van der Waals surface area (Å²) < 4.78 is 0.949. The molecule has 3 nitrogen and oxygen atoms in total. The zero-order valence-electron chi connectivity index (χ0n) is 11.9. The van der Waals surface area contributed by atoms with Crippen molar-refractivity contribution in [3.05, 3.63) is 52.0 Å². The van der Waals surface area contributed by atoms with Gasteiger partial charge in [-0.3, -0.25) is 0 Å². The quantitative estimate of drug-likeness (QED) is 0.684. The molecule has 110 valence electrons. The van der Waals surface area contributed by atoms with Crippen molar-refractivity contribution in [1.29, 1.82) is 0 Å². The fourth-order valence-electron chi connectivity index (χ4n) is 2.09. The Balaban J connectivity index is 1.74. The largest absolute Gasteiger partial charge is 0.506 e. The van der Waals surface area contributed by atoms with E-state index in [0.717, 1.165) is 21.0 Å². The smallest absolute Gasteiger partial charge is 0.143 e. The Bertz CT molecular complexity index is 893. The zero-order valence-corrected chi connectivity index (χ0v) is 13.4. The number of thiazole rings is 1. The van der Waals surface area contributed by atoms with Crippen molar-refractivity contribution in [3.63, 3.8) is 0 Å². The second kappa shape index (κ2) is 6.27. The van der Waals surface area contributed by atoms with E-state index in [4.69, 9.17) is 11.6 Å². The number of phenolic OH excluding ortho intramolecular Hbond substituents is 1. The van der Waals surface area contributed by atoms with E-state index < -0.39 is 0 Å². The third kappa shape index (κ3) is 3.33.